The fourth-order valence-corrected chi connectivity index (χ4v) is 3.52. The molecule has 4 heteroatoms. The molecule has 1 N–H and O–H groups in total. The van der Waals surface area contributed by atoms with E-state index in [1.54, 1.807) is 0 Å². The monoisotopic (exact) mass is 282 g/mol. The van der Waals surface area contributed by atoms with Crippen LogP contribution in [0.2, 0.25) is 0 Å². The molecule has 116 valence electrons. The van der Waals surface area contributed by atoms with Gasteiger partial charge in [-0.2, -0.15) is 0 Å². The first-order valence-electron chi connectivity index (χ1n) is 8.03. The van der Waals surface area contributed by atoms with Gasteiger partial charge in [-0.25, -0.2) is 0 Å². The molecule has 0 aromatic carbocycles. The Balaban J connectivity index is 1.73. The second-order valence-electron chi connectivity index (χ2n) is 7.43. The maximum absolute atomic E-state index is 11.6. The van der Waals surface area contributed by atoms with Gasteiger partial charge in [-0.05, 0) is 44.6 Å². The Bertz CT molecular complexity index is 333. The highest BCUT2D eigenvalue weighted by Gasteiger charge is 2.30. The Hall–Kier alpha value is -0.610. The van der Waals surface area contributed by atoms with Gasteiger partial charge in [0, 0.05) is 32.1 Å². The van der Waals surface area contributed by atoms with Gasteiger partial charge in [-0.1, -0.05) is 13.8 Å². The van der Waals surface area contributed by atoms with E-state index >= 15 is 0 Å². The molecule has 0 radical (unpaired) electrons. The SMILES string of the molecule is CN(CC(O)CN1CCCC1=O)C1CCC(C)(C)CC1. The molecule has 2 aliphatic rings. The second-order valence-corrected chi connectivity index (χ2v) is 7.43. The lowest BCUT2D eigenvalue weighted by molar-refractivity contribution is -0.129. The lowest BCUT2D eigenvalue weighted by atomic mass is 9.75. The molecule has 0 aromatic heterocycles. The Labute approximate surface area is 123 Å². The molecule has 2 fully saturated rings. The fraction of sp³-hybridized carbons (Fsp3) is 0.938. The minimum absolute atomic E-state index is 0.200. The number of carbonyl (C=O) groups excluding carboxylic acids is 1. The summed E-state index contributed by atoms with van der Waals surface area (Å²) < 4.78 is 0. The summed E-state index contributed by atoms with van der Waals surface area (Å²) in [5.74, 6) is 0.200. The maximum atomic E-state index is 11.6. The molecule has 1 heterocycles. The number of hydrogen-bond acceptors (Lipinski definition) is 3. The van der Waals surface area contributed by atoms with Crippen LogP contribution in [-0.2, 0) is 4.79 Å². The van der Waals surface area contributed by atoms with E-state index in [0.29, 0.717) is 31.0 Å². The molecule has 2 rings (SSSR count). The van der Waals surface area contributed by atoms with Crippen molar-refractivity contribution in [3.63, 3.8) is 0 Å². The number of carbonyl (C=O) groups is 1. The van der Waals surface area contributed by atoms with Crippen LogP contribution in [0.5, 0.6) is 0 Å². The smallest absolute Gasteiger partial charge is 0.222 e. The van der Waals surface area contributed by atoms with Gasteiger partial charge in [-0.3, -0.25) is 4.79 Å². The van der Waals surface area contributed by atoms with Crippen LogP contribution < -0.4 is 0 Å². The average molecular weight is 282 g/mol. The van der Waals surface area contributed by atoms with Crippen LogP contribution in [0.1, 0.15) is 52.4 Å². The molecule has 1 unspecified atom stereocenters. The molecule has 0 aromatic rings. The van der Waals surface area contributed by atoms with Gasteiger partial charge in [-0.15, -0.1) is 0 Å². The predicted molar refractivity (Wildman–Crippen MR) is 80.5 cm³/mol. The highest BCUT2D eigenvalue weighted by Crippen LogP contribution is 2.36. The van der Waals surface area contributed by atoms with E-state index in [0.717, 1.165) is 13.0 Å². The van der Waals surface area contributed by atoms with E-state index in [-0.39, 0.29) is 5.91 Å². The molecule has 1 atom stereocenters. The zero-order valence-corrected chi connectivity index (χ0v) is 13.3. The van der Waals surface area contributed by atoms with Crippen LogP contribution in [0.15, 0.2) is 0 Å². The largest absolute Gasteiger partial charge is 0.390 e. The highest BCUT2D eigenvalue weighted by molar-refractivity contribution is 5.78. The first kappa shape index (κ1) is 15.8. The molecular formula is C16H30N2O2. The number of hydrogen-bond donors (Lipinski definition) is 1. The standard InChI is InChI=1S/C16H30N2O2/c1-16(2)8-6-13(7-9-16)17(3)11-14(19)12-18-10-4-5-15(18)20/h13-14,19H,4-12H2,1-3H3. The van der Waals surface area contributed by atoms with Crippen molar-refractivity contribution in [1.82, 2.24) is 9.80 Å². The third-order valence-electron chi connectivity index (χ3n) is 5.03. The van der Waals surface area contributed by atoms with E-state index in [1.807, 2.05) is 4.90 Å². The molecule has 1 aliphatic heterocycles. The summed E-state index contributed by atoms with van der Waals surface area (Å²) in [5, 5.41) is 10.2. The summed E-state index contributed by atoms with van der Waals surface area (Å²) >= 11 is 0. The van der Waals surface area contributed by atoms with Crippen LogP contribution in [-0.4, -0.2) is 59.6 Å². The summed E-state index contributed by atoms with van der Waals surface area (Å²) in [4.78, 5) is 15.7. The number of likely N-dealkylation sites (N-methyl/N-ethyl adjacent to an activating group) is 1. The molecule has 4 nitrogen and oxygen atoms in total. The van der Waals surface area contributed by atoms with Crippen molar-refractivity contribution in [2.75, 3.05) is 26.7 Å². The minimum atomic E-state index is -0.419. The van der Waals surface area contributed by atoms with Gasteiger partial charge in [0.15, 0.2) is 0 Å². The Kier molecular flexibility index (Phi) is 5.08. The highest BCUT2D eigenvalue weighted by atomic mass is 16.3. The summed E-state index contributed by atoms with van der Waals surface area (Å²) in [6.07, 6.45) is 6.15. The first-order chi connectivity index (χ1) is 9.37. The normalized spacial score (nSPS) is 25.4. The van der Waals surface area contributed by atoms with E-state index in [9.17, 15) is 9.90 Å². The van der Waals surface area contributed by atoms with Crippen molar-refractivity contribution in [3.05, 3.63) is 0 Å². The average Bonchev–Trinajstić information content (AvgIpc) is 2.74. The van der Waals surface area contributed by atoms with Crippen LogP contribution in [0, 0.1) is 5.41 Å². The van der Waals surface area contributed by atoms with Crippen molar-refractivity contribution < 1.29 is 9.90 Å². The summed E-state index contributed by atoms with van der Waals surface area (Å²) in [6.45, 7) is 6.68. The predicted octanol–water partition coefficient (Wildman–Crippen LogP) is 1.87. The molecule has 1 aliphatic carbocycles. The topological polar surface area (TPSA) is 43.8 Å². The number of aliphatic hydroxyl groups is 1. The van der Waals surface area contributed by atoms with Gasteiger partial charge in [0.25, 0.3) is 0 Å². The molecule has 20 heavy (non-hydrogen) atoms. The molecule has 1 saturated heterocycles. The summed E-state index contributed by atoms with van der Waals surface area (Å²) in [7, 11) is 2.11. The number of aliphatic hydroxyl groups excluding tert-OH is 1. The number of amides is 1. The van der Waals surface area contributed by atoms with Crippen molar-refractivity contribution in [2.45, 2.75) is 64.5 Å². The summed E-state index contributed by atoms with van der Waals surface area (Å²) in [5.41, 5.74) is 0.484. The molecule has 1 saturated carbocycles. The first-order valence-corrected chi connectivity index (χ1v) is 8.03. The third-order valence-corrected chi connectivity index (χ3v) is 5.03. The van der Waals surface area contributed by atoms with Gasteiger partial charge in [0.05, 0.1) is 6.10 Å². The Morgan fingerprint density at radius 2 is 2.05 bits per heavy atom. The Morgan fingerprint density at radius 3 is 2.60 bits per heavy atom. The second kappa shape index (κ2) is 6.44. The minimum Gasteiger partial charge on any atom is -0.390 e. The van der Waals surface area contributed by atoms with Crippen LogP contribution >= 0.6 is 0 Å². The molecule has 0 spiro atoms. The molecular weight excluding hydrogens is 252 g/mol. The van der Waals surface area contributed by atoms with E-state index < -0.39 is 6.10 Å². The van der Waals surface area contributed by atoms with Crippen molar-refractivity contribution in [1.29, 1.82) is 0 Å². The molecule has 0 bridgehead atoms. The summed E-state index contributed by atoms with van der Waals surface area (Å²) in [6, 6.07) is 0.590. The van der Waals surface area contributed by atoms with E-state index in [4.69, 9.17) is 0 Å². The van der Waals surface area contributed by atoms with Crippen LogP contribution in [0.25, 0.3) is 0 Å². The quantitative estimate of drug-likeness (QED) is 0.837. The number of β-amino-alcohol motifs (C(OH)–C–C–N with tert-alkyl or cyclic N) is 1. The molecule has 1 amide bonds. The number of nitrogens with zero attached hydrogens (tertiary/aromatic N) is 2. The van der Waals surface area contributed by atoms with Crippen molar-refractivity contribution in [2.24, 2.45) is 5.41 Å². The number of rotatable bonds is 5. The van der Waals surface area contributed by atoms with Crippen molar-refractivity contribution in [3.8, 4) is 0 Å². The lowest BCUT2D eigenvalue weighted by Gasteiger charge is -2.39. The van der Waals surface area contributed by atoms with E-state index in [1.165, 1.54) is 25.7 Å². The van der Waals surface area contributed by atoms with Crippen LogP contribution in [0.4, 0.5) is 0 Å². The fourth-order valence-electron chi connectivity index (χ4n) is 3.52. The van der Waals surface area contributed by atoms with Crippen molar-refractivity contribution >= 4 is 5.91 Å². The maximum Gasteiger partial charge on any atom is 0.222 e. The zero-order chi connectivity index (χ0) is 14.8. The van der Waals surface area contributed by atoms with E-state index in [2.05, 4.69) is 25.8 Å². The number of likely N-dealkylation sites (tertiary alicyclic amines) is 1. The van der Waals surface area contributed by atoms with Gasteiger partial charge < -0.3 is 14.9 Å². The van der Waals surface area contributed by atoms with Gasteiger partial charge in [0.1, 0.15) is 0 Å². The van der Waals surface area contributed by atoms with Gasteiger partial charge >= 0.3 is 0 Å². The third kappa shape index (κ3) is 4.19. The lowest BCUT2D eigenvalue weighted by Crippen LogP contribution is -2.44. The Morgan fingerprint density at radius 1 is 1.40 bits per heavy atom. The van der Waals surface area contributed by atoms with Crippen LogP contribution in [0.3, 0.4) is 0 Å². The zero-order valence-electron chi connectivity index (χ0n) is 13.3. The van der Waals surface area contributed by atoms with Gasteiger partial charge in [0.2, 0.25) is 5.91 Å².